The quantitative estimate of drug-likeness (QED) is 0.694. The number of amides is 1. The zero-order chi connectivity index (χ0) is 16.6. The highest BCUT2D eigenvalue weighted by Crippen LogP contribution is 2.20. The Morgan fingerprint density at radius 2 is 1.91 bits per heavy atom. The predicted octanol–water partition coefficient (Wildman–Crippen LogP) is 4.54. The van der Waals surface area contributed by atoms with Gasteiger partial charge in [-0.15, -0.1) is 0 Å². The molecule has 0 aliphatic rings. The second-order valence-electron chi connectivity index (χ2n) is 5.44. The van der Waals surface area contributed by atoms with Crippen LogP contribution in [-0.2, 0) is 0 Å². The van der Waals surface area contributed by atoms with Crippen LogP contribution < -0.4 is 10.9 Å². The van der Waals surface area contributed by atoms with E-state index in [2.05, 4.69) is 21.2 Å². The maximum atomic E-state index is 12.5. The van der Waals surface area contributed by atoms with Crippen LogP contribution in [0.1, 0.15) is 21.5 Å². The molecule has 23 heavy (non-hydrogen) atoms. The topological polar surface area (TPSA) is 66.1 Å². The van der Waals surface area contributed by atoms with Crippen molar-refractivity contribution in [3.05, 3.63) is 69.2 Å². The van der Waals surface area contributed by atoms with Gasteiger partial charge in [0.05, 0.1) is 0 Å². The summed E-state index contributed by atoms with van der Waals surface area (Å²) in [6.07, 6.45) is 0. The Kier molecular flexibility index (Phi) is 4.05. The molecular weight excluding hydrogens is 356 g/mol. The van der Waals surface area contributed by atoms with Gasteiger partial charge in [-0.2, -0.15) is 0 Å². The van der Waals surface area contributed by atoms with E-state index in [1.165, 1.54) is 0 Å². The summed E-state index contributed by atoms with van der Waals surface area (Å²) in [6, 6.07) is 12.9. The Balaban J connectivity index is 2.00. The molecule has 3 rings (SSSR count). The number of carbonyl (C=O) groups is 1. The molecule has 0 saturated carbocycles. The normalized spacial score (nSPS) is 10.7. The Morgan fingerprint density at radius 3 is 2.65 bits per heavy atom. The van der Waals surface area contributed by atoms with Crippen LogP contribution in [0.15, 0.2) is 51.4 Å². The Bertz CT molecular complexity index is 976. The van der Waals surface area contributed by atoms with Gasteiger partial charge < -0.3 is 9.73 Å². The maximum Gasteiger partial charge on any atom is 0.261 e. The summed E-state index contributed by atoms with van der Waals surface area (Å²) < 4.78 is 6.33. The number of nitrogens with one attached hydrogen (secondary N) is 2. The van der Waals surface area contributed by atoms with Gasteiger partial charge in [0.25, 0.3) is 5.91 Å². The fourth-order valence-electron chi connectivity index (χ4n) is 2.42. The SMILES string of the molecule is Cc1ccc(NC(=O)c2cc3cc(Br)ccc3oc2=N)c(C)c1. The van der Waals surface area contributed by atoms with Crippen LogP contribution in [-0.4, -0.2) is 5.91 Å². The summed E-state index contributed by atoms with van der Waals surface area (Å²) in [7, 11) is 0. The minimum atomic E-state index is -0.354. The number of fused-ring (bicyclic) bond motifs is 1. The first-order valence-electron chi connectivity index (χ1n) is 7.10. The van der Waals surface area contributed by atoms with Crippen molar-refractivity contribution in [2.45, 2.75) is 13.8 Å². The van der Waals surface area contributed by atoms with Crippen LogP contribution in [0.3, 0.4) is 0 Å². The van der Waals surface area contributed by atoms with E-state index < -0.39 is 0 Å². The molecule has 4 nitrogen and oxygen atoms in total. The third-order valence-electron chi connectivity index (χ3n) is 3.60. The van der Waals surface area contributed by atoms with Crippen molar-refractivity contribution in [3.63, 3.8) is 0 Å². The molecule has 2 N–H and O–H groups in total. The molecule has 0 aliphatic carbocycles. The summed E-state index contributed by atoms with van der Waals surface area (Å²) in [4.78, 5) is 12.5. The summed E-state index contributed by atoms with van der Waals surface area (Å²) in [5.74, 6) is -0.354. The molecule has 1 amide bonds. The Labute approximate surface area is 141 Å². The average molecular weight is 371 g/mol. The van der Waals surface area contributed by atoms with Crippen LogP contribution in [0.5, 0.6) is 0 Å². The molecular formula is C18H15BrN2O2. The molecule has 1 aromatic heterocycles. The molecule has 5 heteroatoms. The van der Waals surface area contributed by atoms with Crippen molar-refractivity contribution in [2.75, 3.05) is 5.32 Å². The number of halogens is 1. The Hall–Kier alpha value is -2.40. The van der Waals surface area contributed by atoms with Gasteiger partial charge in [-0.25, -0.2) is 0 Å². The highest BCUT2D eigenvalue weighted by atomic mass is 79.9. The van der Waals surface area contributed by atoms with Crippen molar-refractivity contribution >= 4 is 38.5 Å². The van der Waals surface area contributed by atoms with Crippen molar-refractivity contribution in [1.82, 2.24) is 0 Å². The van der Waals surface area contributed by atoms with Gasteiger partial charge in [0, 0.05) is 15.5 Å². The van der Waals surface area contributed by atoms with Crippen molar-refractivity contribution < 1.29 is 9.21 Å². The van der Waals surface area contributed by atoms with Gasteiger partial charge in [-0.1, -0.05) is 33.6 Å². The lowest BCUT2D eigenvalue weighted by Gasteiger charge is -2.09. The van der Waals surface area contributed by atoms with Gasteiger partial charge in [0.2, 0.25) is 5.55 Å². The molecule has 116 valence electrons. The fraction of sp³-hybridized carbons (Fsp3) is 0.111. The lowest BCUT2D eigenvalue weighted by molar-refractivity contribution is 0.102. The fourth-order valence-corrected chi connectivity index (χ4v) is 2.80. The van der Waals surface area contributed by atoms with Crippen LogP contribution in [0.2, 0.25) is 0 Å². The van der Waals surface area contributed by atoms with E-state index in [9.17, 15) is 4.79 Å². The zero-order valence-electron chi connectivity index (χ0n) is 12.7. The standard InChI is InChI=1S/C18H15BrN2O2/c1-10-3-5-15(11(2)7-10)21-18(22)14-9-12-8-13(19)4-6-16(12)23-17(14)20/h3-9,20H,1-2H3,(H,21,22). The molecule has 1 heterocycles. The summed E-state index contributed by atoms with van der Waals surface area (Å²) in [6.45, 7) is 3.94. The first-order chi connectivity index (χ1) is 10.9. The van der Waals surface area contributed by atoms with Gasteiger partial charge in [0.1, 0.15) is 11.1 Å². The van der Waals surface area contributed by atoms with Crippen molar-refractivity contribution in [1.29, 1.82) is 5.41 Å². The molecule has 0 aliphatic heterocycles. The largest absolute Gasteiger partial charge is 0.438 e. The van der Waals surface area contributed by atoms with Crippen molar-refractivity contribution in [3.8, 4) is 0 Å². The van der Waals surface area contributed by atoms with Crippen LogP contribution in [0, 0.1) is 19.3 Å². The van der Waals surface area contributed by atoms with Gasteiger partial charge >= 0.3 is 0 Å². The van der Waals surface area contributed by atoms with Gasteiger partial charge in [-0.05, 0) is 49.7 Å². The Morgan fingerprint density at radius 1 is 1.13 bits per heavy atom. The second-order valence-corrected chi connectivity index (χ2v) is 6.36. The summed E-state index contributed by atoms with van der Waals surface area (Å²) in [5, 5.41) is 11.6. The lowest BCUT2D eigenvalue weighted by Crippen LogP contribution is -2.21. The molecule has 3 aromatic rings. The van der Waals surface area contributed by atoms with E-state index in [0.717, 1.165) is 26.7 Å². The van der Waals surface area contributed by atoms with E-state index in [4.69, 9.17) is 9.83 Å². The minimum absolute atomic E-state index is 0.151. The summed E-state index contributed by atoms with van der Waals surface area (Å²) >= 11 is 3.39. The molecule has 0 saturated heterocycles. The van der Waals surface area contributed by atoms with Crippen LogP contribution >= 0.6 is 15.9 Å². The first kappa shape index (κ1) is 15.5. The van der Waals surface area contributed by atoms with E-state index in [1.807, 2.05) is 44.2 Å². The number of rotatable bonds is 2. The van der Waals surface area contributed by atoms with Crippen LogP contribution in [0.4, 0.5) is 5.69 Å². The van der Waals surface area contributed by atoms with E-state index in [0.29, 0.717) is 5.58 Å². The molecule has 0 bridgehead atoms. The number of benzene rings is 2. The molecule has 0 atom stereocenters. The minimum Gasteiger partial charge on any atom is -0.438 e. The average Bonchev–Trinajstić information content (AvgIpc) is 2.49. The van der Waals surface area contributed by atoms with E-state index >= 15 is 0 Å². The lowest BCUT2D eigenvalue weighted by atomic mass is 10.1. The number of anilines is 1. The highest BCUT2D eigenvalue weighted by molar-refractivity contribution is 9.10. The number of hydrogen-bond donors (Lipinski definition) is 2. The monoisotopic (exact) mass is 370 g/mol. The van der Waals surface area contributed by atoms with Gasteiger partial charge in [0.15, 0.2) is 0 Å². The van der Waals surface area contributed by atoms with E-state index in [1.54, 1.807) is 12.1 Å². The van der Waals surface area contributed by atoms with Gasteiger partial charge in [-0.3, -0.25) is 10.2 Å². The number of hydrogen-bond acceptors (Lipinski definition) is 3. The summed E-state index contributed by atoms with van der Waals surface area (Å²) in [5.41, 5.74) is 3.46. The highest BCUT2D eigenvalue weighted by Gasteiger charge is 2.13. The number of carbonyl (C=O) groups excluding carboxylic acids is 1. The third kappa shape index (κ3) is 3.19. The number of aryl methyl sites for hydroxylation is 2. The van der Waals surface area contributed by atoms with E-state index in [-0.39, 0.29) is 17.0 Å². The molecule has 0 fully saturated rings. The molecule has 0 spiro atoms. The van der Waals surface area contributed by atoms with Crippen molar-refractivity contribution in [2.24, 2.45) is 0 Å². The second kappa shape index (κ2) is 6.01. The maximum absolute atomic E-state index is 12.5. The molecule has 2 aromatic carbocycles. The predicted molar refractivity (Wildman–Crippen MR) is 93.6 cm³/mol. The zero-order valence-corrected chi connectivity index (χ0v) is 14.3. The first-order valence-corrected chi connectivity index (χ1v) is 7.90. The third-order valence-corrected chi connectivity index (χ3v) is 4.10. The van der Waals surface area contributed by atoms with Crippen LogP contribution in [0.25, 0.3) is 11.0 Å². The molecule has 0 unspecified atom stereocenters. The smallest absolute Gasteiger partial charge is 0.261 e. The molecule has 0 radical (unpaired) electrons.